The van der Waals surface area contributed by atoms with Gasteiger partial charge in [-0.1, -0.05) is 19.9 Å². The Bertz CT molecular complexity index is 331. The van der Waals surface area contributed by atoms with E-state index < -0.39 is 0 Å². The Morgan fingerprint density at radius 3 is 2.92 bits per heavy atom. The van der Waals surface area contributed by atoms with Gasteiger partial charge in [-0.05, 0) is 18.1 Å². The molecule has 0 saturated carbocycles. The lowest BCUT2D eigenvalue weighted by atomic mass is 9.84. The highest BCUT2D eigenvalue weighted by molar-refractivity contribution is 5.36. The van der Waals surface area contributed by atoms with Gasteiger partial charge in [-0.3, -0.25) is 0 Å². The zero-order chi connectivity index (χ0) is 9.47. The third kappa shape index (κ3) is 1.67. The molecule has 0 aromatic heterocycles. The first-order valence-electron chi connectivity index (χ1n) is 4.48. The van der Waals surface area contributed by atoms with Crippen LogP contribution in [0.5, 0.6) is 5.75 Å². The van der Waals surface area contributed by atoms with Crippen molar-refractivity contribution in [1.82, 2.24) is 0 Å². The van der Waals surface area contributed by atoms with E-state index in [1.54, 1.807) is 0 Å². The van der Waals surface area contributed by atoms with Crippen LogP contribution in [-0.2, 0) is 6.42 Å². The molecule has 70 valence electrons. The fourth-order valence-corrected chi connectivity index (χ4v) is 1.65. The Balaban J connectivity index is 2.37. The van der Waals surface area contributed by atoms with Crippen molar-refractivity contribution in [3.63, 3.8) is 0 Å². The van der Waals surface area contributed by atoms with Gasteiger partial charge in [0.1, 0.15) is 11.6 Å². The van der Waals surface area contributed by atoms with E-state index in [-0.39, 0.29) is 11.2 Å². The monoisotopic (exact) mass is 180 g/mol. The second-order valence-electron chi connectivity index (χ2n) is 4.38. The molecule has 0 atom stereocenters. The number of halogens is 1. The van der Waals surface area contributed by atoms with E-state index >= 15 is 0 Å². The molecule has 13 heavy (non-hydrogen) atoms. The highest BCUT2D eigenvalue weighted by atomic mass is 19.1. The highest BCUT2D eigenvalue weighted by Crippen LogP contribution is 2.34. The van der Waals surface area contributed by atoms with Crippen LogP contribution >= 0.6 is 0 Å². The predicted octanol–water partition coefficient (Wildman–Crippen LogP) is 2.79. The van der Waals surface area contributed by atoms with Crippen LogP contribution in [0.4, 0.5) is 4.39 Å². The van der Waals surface area contributed by atoms with Gasteiger partial charge < -0.3 is 4.74 Å². The van der Waals surface area contributed by atoms with Gasteiger partial charge >= 0.3 is 0 Å². The maximum atomic E-state index is 12.8. The van der Waals surface area contributed by atoms with Crippen molar-refractivity contribution < 1.29 is 9.13 Å². The molecular formula is C11H13FO. The van der Waals surface area contributed by atoms with Gasteiger partial charge in [-0.25, -0.2) is 4.39 Å². The number of benzene rings is 1. The molecule has 2 heteroatoms. The molecule has 1 aromatic carbocycles. The van der Waals surface area contributed by atoms with E-state index in [0.717, 1.165) is 12.0 Å². The number of rotatable bonds is 0. The highest BCUT2D eigenvalue weighted by Gasteiger charge is 2.26. The summed E-state index contributed by atoms with van der Waals surface area (Å²) in [5.41, 5.74) is 1.28. The van der Waals surface area contributed by atoms with Gasteiger partial charge in [0, 0.05) is 11.5 Å². The van der Waals surface area contributed by atoms with E-state index in [2.05, 4.69) is 13.8 Å². The van der Waals surface area contributed by atoms with Crippen molar-refractivity contribution in [3.05, 3.63) is 29.6 Å². The van der Waals surface area contributed by atoms with Crippen molar-refractivity contribution in [2.45, 2.75) is 20.3 Å². The van der Waals surface area contributed by atoms with Crippen molar-refractivity contribution in [3.8, 4) is 5.75 Å². The summed E-state index contributed by atoms with van der Waals surface area (Å²) in [6, 6.07) is 4.76. The Labute approximate surface area is 77.5 Å². The lowest BCUT2D eigenvalue weighted by Crippen LogP contribution is -2.28. The molecule has 1 heterocycles. The third-order valence-electron chi connectivity index (χ3n) is 2.32. The summed E-state index contributed by atoms with van der Waals surface area (Å²) in [4.78, 5) is 0. The molecule has 1 nitrogen and oxygen atoms in total. The predicted molar refractivity (Wildman–Crippen MR) is 49.4 cm³/mol. The fourth-order valence-electron chi connectivity index (χ4n) is 1.65. The zero-order valence-electron chi connectivity index (χ0n) is 7.93. The minimum absolute atomic E-state index is 0.171. The van der Waals surface area contributed by atoms with E-state index in [1.165, 1.54) is 12.1 Å². The molecule has 1 aliphatic rings. The fraction of sp³-hybridized carbons (Fsp3) is 0.455. The molecule has 0 unspecified atom stereocenters. The second-order valence-corrected chi connectivity index (χ2v) is 4.38. The molecule has 0 amide bonds. The molecule has 0 radical (unpaired) electrons. The maximum Gasteiger partial charge on any atom is 0.126 e. The van der Waals surface area contributed by atoms with Gasteiger partial charge in [0.2, 0.25) is 0 Å². The topological polar surface area (TPSA) is 9.23 Å². The number of fused-ring (bicyclic) bond motifs is 1. The minimum Gasteiger partial charge on any atom is -0.493 e. The maximum absolute atomic E-state index is 12.8. The largest absolute Gasteiger partial charge is 0.493 e. The number of ether oxygens (including phenoxy) is 1. The van der Waals surface area contributed by atoms with E-state index in [0.29, 0.717) is 12.4 Å². The summed E-state index contributed by atoms with van der Waals surface area (Å²) < 4.78 is 18.3. The standard InChI is InChI=1S/C11H13FO/c1-11(2)6-8-3-4-9(12)5-10(8)13-7-11/h3-5H,6-7H2,1-2H3. The van der Waals surface area contributed by atoms with Crippen LogP contribution in [-0.4, -0.2) is 6.61 Å². The summed E-state index contributed by atoms with van der Waals surface area (Å²) in [5, 5.41) is 0. The lowest BCUT2D eigenvalue weighted by molar-refractivity contribution is 0.154. The van der Waals surface area contributed by atoms with Crippen LogP contribution < -0.4 is 4.74 Å². The molecule has 1 aliphatic heterocycles. The van der Waals surface area contributed by atoms with Gasteiger partial charge in [0.15, 0.2) is 0 Å². The summed E-state index contributed by atoms with van der Waals surface area (Å²) >= 11 is 0. The van der Waals surface area contributed by atoms with Crippen molar-refractivity contribution in [2.75, 3.05) is 6.61 Å². The quantitative estimate of drug-likeness (QED) is 0.596. The minimum atomic E-state index is -0.224. The molecule has 0 aliphatic carbocycles. The van der Waals surface area contributed by atoms with E-state index in [4.69, 9.17) is 4.74 Å². The number of hydrogen-bond donors (Lipinski definition) is 0. The summed E-state index contributed by atoms with van der Waals surface area (Å²) in [5.74, 6) is 0.484. The summed E-state index contributed by atoms with van der Waals surface area (Å²) in [7, 11) is 0. The van der Waals surface area contributed by atoms with Crippen molar-refractivity contribution in [2.24, 2.45) is 5.41 Å². The zero-order valence-corrected chi connectivity index (χ0v) is 7.93. The molecule has 0 saturated heterocycles. The third-order valence-corrected chi connectivity index (χ3v) is 2.32. The first-order valence-corrected chi connectivity index (χ1v) is 4.48. The Kier molecular flexibility index (Phi) is 1.79. The van der Waals surface area contributed by atoms with Gasteiger partial charge in [0.05, 0.1) is 6.61 Å². The van der Waals surface area contributed by atoms with Crippen LogP contribution in [0.15, 0.2) is 18.2 Å². The summed E-state index contributed by atoms with van der Waals surface area (Å²) in [6.45, 7) is 4.97. The van der Waals surface area contributed by atoms with Gasteiger partial charge in [0.25, 0.3) is 0 Å². The van der Waals surface area contributed by atoms with Crippen LogP contribution in [0.25, 0.3) is 0 Å². The van der Waals surface area contributed by atoms with Crippen molar-refractivity contribution >= 4 is 0 Å². The van der Waals surface area contributed by atoms with Crippen molar-refractivity contribution in [1.29, 1.82) is 0 Å². The van der Waals surface area contributed by atoms with Crippen LogP contribution in [0, 0.1) is 11.2 Å². The smallest absolute Gasteiger partial charge is 0.126 e. The molecule has 1 aromatic rings. The second kappa shape index (κ2) is 2.72. The number of hydrogen-bond acceptors (Lipinski definition) is 1. The normalized spacial score (nSPS) is 19.0. The molecule has 0 N–H and O–H groups in total. The summed E-state index contributed by atoms with van der Waals surface area (Å²) in [6.07, 6.45) is 0.961. The Morgan fingerprint density at radius 1 is 1.38 bits per heavy atom. The van der Waals surface area contributed by atoms with Gasteiger partial charge in [-0.2, -0.15) is 0 Å². The first kappa shape index (κ1) is 8.54. The lowest BCUT2D eigenvalue weighted by Gasteiger charge is -2.31. The van der Waals surface area contributed by atoms with E-state index in [9.17, 15) is 4.39 Å². The molecular weight excluding hydrogens is 167 g/mol. The van der Waals surface area contributed by atoms with E-state index in [1.807, 2.05) is 6.07 Å². The average molecular weight is 180 g/mol. The van der Waals surface area contributed by atoms with Crippen LogP contribution in [0.3, 0.4) is 0 Å². The van der Waals surface area contributed by atoms with Gasteiger partial charge in [-0.15, -0.1) is 0 Å². The Morgan fingerprint density at radius 2 is 2.15 bits per heavy atom. The Hall–Kier alpha value is -1.05. The van der Waals surface area contributed by atoms with Crippen LogP contribution in [0.2, 0.25) is 0 Å². The molecule has 2 rings (SSSR count). The first-order chi connectivity index (χ1) is 6.07. The SMILES string of the molecule is CC1(C)COc2cc(F)ccc2C1. The molecule has 0 bridgehead atoms. The molecule has 0 fully saturated rings. The molecule has 0 spiro atoms. The van der Waals surface area contributed by atoms with Crippen LogP contribution in [0.1, 0.15) is 19.4 Å². The average Bonchev–Trinajstić information content (AvgIpc) is 2.05.